The van der Waals surface area contributed by atoms with Crippen LogP contribution >= 0.6 is 0 Å². The van der Waals surface area contributed by atoms with E-state index in [1.807, 2.05) is 17.7 Å². The molecule has 0 unspecified atom stereocenters. The fourth-order valence-corrected chi connectivity index (χ4v) is 3.89. The number of hydrogen-bond acceptors (Lipinski definition) is 6. The Morgan fingerprint density at radius 1 is 1.10 bits per heavy atom. The van der Waals surface area contributed by atoms with Gasteiger partial charge >= 0.3 is 0 Å². The number of benzene rings is 1. The van der Waals surface area contributed by atoms with Gasteiger partial charge in [0.05, 0.1) is 11.9 Å². The van der Waals surface area contributed by atoms with Gasteiger partial charge in [-0.05, 0) is 31.0 Å². The predicted molar refractivity (Wildman–Crippen MR) is 110 cm³/mol. The highest BCUT2D eigenvalue weighted by atomic mass is 19.1. The van der Waals surface area contributed by atoms with Crippen LogP contribution in [0.2, 0.25) is 0 Å². The minimum Gasteiger partial charge on any atom is -0.341 e. The number of halogens is 1. The highest BCUT2D eigenvalue weighted by Crippen LogP contribution is 2.28. The summed E-state index contributed by atoms with van der Waals surface area (Å²) in [5.74, 6) is 1.81. The molecule has 0 atom stereocenters. The van der Waals surface area contributed by atoms with Gasteiger partial charge in [-0.15, -0.1) is 10.2 Å². The number of rotatable bonds is 4. The molecule has 0 aliphatic carbocycles. The average molecular weight is 404 g/mol. The van der Waals surface area contributed by atoms with Crippen LogP contribution < -0.4 is 4.90 Å². The van der Waals surface area contributed by atoms with Crippen molar-refractivity contribution in [3.05, 3.63) is 66.9 Å². The van der Waals surface area contributed by atoms with Crippen molar-refractivity contribution in [1.82, 2.24) is 34.5 Å². The smallest absolute Gasteiger partial charge is 0.225 e. The molecule has 0 bridgehead atoms. The van der Waals surface area contributed by atoms with Crippen LogP contribution in [0.4, 0.5) is 10.3 Å². The zero-order valence-corrected chi connectivity index (χ0v) is 16.6. The van der Waals surface area contributed by atoms with E-state index >= 15 is 0 Å². The molecule has 8 nitrogen and oxygen atoms in total. The van der Waals surface area contributed by atoms with Crippen LogP contribution in [-0.4, -0.2) is 47.6 Å². The highest BCUT2D eigenvalue weighted by molar-refractivity contribution is 5.59. The van der Waals surface area contributed by atoms with Crippen LogP contribution in [0.5, 0.6) is 0 Å². The maximum Gasteiger partial charge on any atom is 0.225 e. The standard InChI is InChI=1S/C21H21FN8/c1-28-14-24-27-20(28)15-7-10-29(11-8-15)21-23-9-6-18(26-21)16-12-25-30(13-16)19-5-3-2-4-17(19)22/h2-6,9,12-15H,7-8,10-11H2,1H3. The van der Waals surface area contributed by atoms with Gasteiger partial charge in [-0.3, -0.25) is 0 Å². The van der Waals surface area contributed by atoms with E-state index in [0.717, 1.165) is 43.0 Å². The minimum atomic E-state index is -0.318. The van der Waals surface area contributed by atoms with Crippen molar-refractivity contribution in [3.8, 4) is 16.9 Å². The van der Waals surface area contributed by atoms with Crippen molar-refractivity contribution in [2.24, 2.45) is 7.05 Å². The quantitative estimate of drug-likeness (QED) is 0.520. The van der Waals surface area contributed by atoms with Gasteiger partial charge in [0, 0.05) is 44.0 Å². The zero-order chi connectivity index (χ0) is 20.5. The van der Waals surface area contributed by atoms with Crippen LogP contribution in [0.3, 0.4) is 0 Å². The molecule has 0 amide bonds. The van der Waals surface area contributed by atoms with Crippen molar-refractivity contribution in [3.63, 3.8) is 0 Å². The Morgan fingerprint density at radius 3 is 2.70 bits per heavy atom. The van der Waals surface area contributed by atoms with Crippen molar-refractivity contribution < 1.29 is 4.39 Å². The van der Waals surface area contributed by atoms with E-state index in [-0.39, 0.29) is 5.82 Å². The Bertz CT molecular complexity index is 1160. The normalized spacial score (nSPS) is 14.9. The Morgan fingerprint density at radius 2 is 1.93 bits per heavy atom. The van der Waals surface area contributed by atoms with Crippen LogP contribution in [0.25, 0.3) is 16.9 Å². The number of piperidine rings is 1. The minimum absolute atomic E-state index is 0.318. The van der Waals surface area contributed by atoms with Crippen molar-refractivity contribution in [2.75, 3.05) is 18.0 Å². The molecule has 1 saturated heterocycles. The van der Waals surface area contributed by atoms with Gasteiger partial charge in [0.2, 0.25) is 5.95 Å². The van der Waals surface area contributed by atoms with Crippen molar-refractivity contribution in [1.29, 1.82) is 0 Å². The van der Waals surface area contributed by atoms with Gasteiger partial charge in [0.1, 0.15) is 23.7 Å². The van der Waals surface area contributed by atoms with E-state index in [2.05, 4.69) is 25.2 Å². The van der Waals surface area contributed by atoms with E-state index in [1.54, 1.807) is 43.1 Å². The molecule has 9 heteroatoms. The van der Waals surface area contributed by atoms with E-state index in [1.165, 1.54) is 10.7 Å². The van der Waals surface area contributed by atoms with Crippen LogP contribution in [0, 0.1) is 5.82 Å². The first kappa shape index (κ1) is 18.4. The molecule has 1 aliphatic rings. The molecule has 4 heterocycles. The SMILES string of the molecule is Cn1cnnc1C1CCN(c2nccc(-c3cnn(-c4ccccc4F)c3)n2)CC1. The summed E-state index contributed by atoms with van der Waals surface area (Å²) in [5, 5.41) is 12.5. The Hall–Kier alpha value is -3.62. The lowest BCUT2D eigenvalue weighted by Gasteiger charge is -2.31. The molecular formula is C21H21FN8. The number of hydrogen-bond donors (Lipinski definition) is 0. The summed E-state index contributed by atoms with van der Waals surface area (Å²) in [6.45, 7) is 1.71. The topological polar surface area (TPSA) is 77.5 Å². The molecule has 30 heavy (non-hydrogen) atoms. The van der Waals surface area contributed by atoms with Crippen LogP contribution in [-0.2, 0) is 7.05 Å². The summed E-state index contributed by atoms with van der Waals surface area (Å²) >= 11 is 0. The lowest BCUT2D eigenvalue weighted by atomic mass is 9.96. The summed E-state index contributed by atoms with van der Waals surface area (Å²) in [4.78, 5) is 11.4. The lowest BCUT2D eigenvalue weighted by Crippen LogP contribution is -2.34. The summed E-state index contributed by atoms with van der Waals surface area (Å²) in [6, 6.07) is 8.40. The molecule has 1 aromatic carbocycles. The number of para-hydroxylation sites is 1. The Kier molecular flexibility index (Phi) is 4.70. The molecule has 0 saturated carbocycles. The van der Waals surface area contributed by atoms with Gasteiger partial charge < -0.3 is 9.47 Å². The van der Waals surface area contributed by atoms with E-state index in [0.29, 0.717) is 17.6 Å². The molecule has 3 aromatic heterocycles. The van der Waals surface area contributed by atoms with Gasteiger partial charge in [0.15, 0.2) is 0 Å². The van der Waals surface area contributed by atoms with Gasteiger partial charge in [0.25, 0.3) is 0 Å². The predicted octanol–water partition coefficient (Wildman–Crippen LogP) is 2.98. The first-order chi connectivity index (χ1) is 14.7. The maximum absolute atomic E-state index is 14.0. The second kappa shape index (κ2) is 7.66. The first-order valence-corrected chi connectivity index (χ1v) is 9.91. The molecule has 152 valence electrons. The number of aryl methyl sites for hydroxylation is 1. The highest BCUT2D eigenvalue weighted by Gasteiger charge is 2.25. The third-order valence-electron chi connectivity index (χ3n) is 5.51. The van der Waals surface area contributed by atoms with Crippen molar-refractivity contribution >= 4 is 5.95 Å². The lowest BCUT2D eigenvalue weighted by molar-refractivity contribution is 0.469. The Labute approximate surface area is 173 Å². The fraction of sp³-hybridized carbons (Fsp3) is 0.286. The molecule has 1 fully saturated rings. The molecule has 5 rings (SSSR count). The molecular weight excluding hydrogens is 383 g/mol. The summed E-state index contributed by atoms with van der Waals surface area (Å²) in [7, 11) is 1.98. The number of nitrogens with zero attached hydrogens (tertiary/aromatic N) is 8. The second-order valence-electron chi connectivity index (χ2n) is 7.43. The average Bonchev–Trinajstić information content (AvgIpc) is 3.44. The summed E-state index contributed by atoms with van der Waals surface area (Å²) < 4.78 is 17.6. The fourth-order valence-electron chi connectivity index (χ4n) is 3.89. The number of anilines is 1. The second-order valence-corrected chi connectivity index (χ2v) is 7.43. The summed E-state index contributed by atoms with van der Waals surface area (Å²) in [6.07, 6.45) is 8.93. The molecule has 0 radical (unpaired) electrons. The Balaban J connectivity index is 1.33. The summed E-state index contributed by atoms with van der Waals surface area (Å²) in [5.41, 5.74) is 1.98. The molecule has 0 spiro atoms. The van der Waals surface area contributed by atoms with Gasteiger partial charge in [-0.25, -0.2) is 19.0 Å². The van der Waals surface area contributed by atoms with Gasteiger partial charge in [-0.2, -0.15) is 5.10 Å². The first-order valence-electron chi connectivity index (χ1n) is 9.91. The van der Waals surface area contributed by atoms with E-state index in [9.17, 15) is 4.39 Å². The largest absolute Gasteiger partial charge is 0.341 e. The van der Waals surface area contributed by atoms with Crippen molar-refractivity contribution in [2.45, 2.75) is 18.8 Å². The monoisotopic (exact) mass is 404 g/mol. The van der Waals surface area contributed by atoms with E-state index in [4.69, 9.17) is 4.98 Å². The van der Waals surface area contributed by atoms with E-state index < -0.39 is 0 Å². The van der Waals surface area contributed by atoms with Gasteiger partial charge in [-0.1, -0.05) is 12.1 Å². The maximum atomic E-state index is 14.0. The number of aromatic nitrogens is 7. The van der Waals surface area contributed by atoms with Crippen LogP contribution in [0.1, 0.15) is 24.6 Å². The molecule has 0 N–H and O–H groups in total. The van der Waals surface area contributed by atoms with Crippen LogP contribution in [0.15, 0.2) is 55.2 Å². The third kappa shape index (κ3) is 3.42. The zero-order valence-electron chi connectivity index (χ0n) is 16.6. The third-order valence-corrected chi connectivity index (χ3v) is 5.51. The molecule has 1 aliphatic heterocycles. The molecule has 4 aromatic rings.